The summed E-state index contributed by atoms with van der Waals surface area (Å²) in [5.41, 5.74) is 10.9. The molecule has 0 saturated carbocycles. The Kier molecular flexibility index (Phi) is 7.35. The molecule has 0 bridgehead atoms. The standard InChI is InChI=1S/C29H25ClFN5O2/c30-25-16-34-27-13-26(31)22(12-24(25)27)15-35-29(38)19-6-7-33-23(11-19)10-18-4-5-20(21(9-18)14-32)17-36-8-2-1-3-28(36)37/h1-9,11-13,16,34H,10,14-15,17,32H2,(H,35,38). The van der Waals surface area contributed by atoms with E-state index in [4.69, 9.17) is 17.3 Å². The number of halogens is 2. The van der Waals surface area contributed by atoms with E-state index in [1.54, 1.807) is 47.4 Å². The normalized spacial score (nSPS) is 11.1. The van der Waals surface area contributed by atoms with Gasteiger partial charge in [0.15, 0.2) is 0 Å². The molecule has 3 heterocycles. The first-order chi connectivity index (χ1) is 18.4. The summed E-state index contributed by atoms with van der Waals surface area (Å²) in [6, 6.07) is 17.3. The maximum absolute atomic E-state index is 14.5. The molecule has 4 N–H and O–H groups in total. The monoisotopic (exact) mass is 529 g/mol. The summed E-state index contributed by atoms with van der Waals surface area (Å²) in [6.07, 6.45) is 5.42. The van der Waals surface area contributed by atoms with Gasteiger partial charge in [-0.3, -0.25) is 14.6 Å². The number of rotatable bonds is 8. The largest absolute Gasteiger partial charge is 0.360 e. The van der Waals surface area contributed by atoms with E-state index >= 15 is 0 Å². The molecule has 5 aromatic rings. The highest BCUT2D eigenvalue weighted by Gasteiger charge is 2.12. The number of hydrogen-bond acceptors (Lipinski definition) is 4. The van der Waals surface area contributed by atoms with Gasteiger partial charge in [-0.05, 0) is 47.0 Å². The predicted molar refractivity (Wildman–Crippen MR) is 146 cm³/mol. The third-order valence-electron chi connectivity index (χ3n) is 6.43. The van der Waals surface area contributed by atoms with Gasteiger partial charge in [0, 0.05) is 71.9 Å². The molecule has 2 aromatic carbocycles. The molecule has 0 atom stereocenters. The number of benzene rings is 2. The Morgan fingerprint density at radius 1 is 1.08 bits per heavy atom. The molecule has 0 spiro atoms. The van der Waals surface area contributed by atoms with Gasteiger partial charge in [-0.25, -0.2) is 4.39 Å². The van der Waals surface area contributed by atoms with Crippen LogP contribution in [0.3, 0.4) is 0 Å². The van der Waals surface area contributed by atoms with E-state index in [1.165, 1.54) is 12.1 Å². The van der Waals surface area contributed by atoms with Gasteiger partial charge in [0.1, 0.15) is 5.82 Å². The molecule has 38 heavy (non-hydrogen) atoms. The predicted octanol–water partition coefficient (Wildman–Crippen LogP) is 4.54. The van der Waals surface area contributed by atoms with Crippen LogP contribution in [0.25, 0.3) is 10.9 Å². The molecular formula is C29H25ClFN5O2. The lowest BCUT2D eigenvalue weighted by Crippen LogP contribution is -2.23. The van der Waals surface area contributed by atoms with E-state index in [-0.39, 0.29) is 18.0 Å². The van der Waals surface area contributed by atoms with E-state index in [0.29, 0.717) is 52.3 Å². The van der Waals surface area contributed by atoms with Crippen LogP contribution in [0.5, 0.6) is 0 Å². The number of aromatic amines is 1. The number of aromatic nitrogens is 3. The molecule has 0 saturated heterocycles. The molecule has 0 aliphatic heterocycles. The second kappa shape index (κ2) is 11.0. The minimum atomic E-state index is -0.428. The van der Waals surface area contributed by atoms with Crippen molar-refractivity contribution < 1.29 is 9.18 Å². The SMILES string of the molecule is NCc1cc(Cc2cc(C(=O)NCc3cc4c(Cl)c[nH]c4cc3F)ccn2)ccc1Cn1ccccc1=O. The summed E-state index contributed by atoms with van der Waals surface area (Å²) in [6.45, 7) is 0.784. The fourth-order valence-corrected chi connectivity index (χ4v) is 4.61. The summed E-state index contributed by atoms with van der Waals surface area (Å²) in [5, 5.41) is 3.96. The van der Waals surface area contributed by atoms with Crippen molar-refractivity contribution in [2.24, 2.45) is 5.73 Å². The number of pyridine rings is 2. The first-order valence-electron chi connectivity index (χ1n) is 12.1. The Morgan fingerprint density at radius 3 is 2.76 bits per heavy atom. The number of H-pyrrole nitrogens is 1. The molecule has 192 valence electrons. The van der Waals surface area contributed by atoms with E-state index < -0.39 is 5.82 Å². The summed E-state index contributed by atoms with van der Waals surface area (Å²) in [4.78, 5) is 32.2. The Labute approximate surface area is 223 Å². The van der Waals surface area contributed by atoms with Crippen molar-refractivity contribution in [1.82, 2.24) is 19.9 Å². The van der Waals surface area contributed by atoms with Crippen LogP contribution in [0.4, 0.5) is 4.39 Å². The van der Waals surface area contributed by atoms with Crippen LogP contribution in [0.15, 0.2) is 84.0 Å². The van der Waals surface area contributed by atoms with Crippen LogP contribution in [0.2, 0.25) is 5.02 Å². The Hall–Kier alpha value is -4.27. The number of fused-ring (bicyclic) bond motifs is 1. The molecule has 7 nitrogen and oxygen atoms in total. The average Bonchev–Trinajstić information content (AvgIpc) is 3.28. The van der Waals surface area contributed by atoms with Crippen LogP contribution in [-0.4, -0.2) is 20.4 Å². The molecule has 0 unspecified atom stereocenters. The number of amides is 1. The minimum Gasteiger partial charge on any atom is -0.360 e. The highest BCUT2D eigenvalue weighted by molar-refractivity contribution is 6.35. The van der Waals surface area contributed by atoms with E-state index in [9.17, 15) is 14.0 Å². The molecular weight excluding hydrogens is 505 g/mol. The Morgan fingerprint density at radius 2 is 1.95 bits per heavy atom. The third kappa shape index (κ3) is 5.51. The molecule has 3 aromatic heterocycles. The highest BCUT2D eigenvalue weighted by Crippen LogP contribution is 2.26. The number of carbonyl (C=O) groups excluding carboxylic acids is 1. The zero-order valence-corrected chi connectivity index (χ0v) is 21.1. The zero-order valence-electron chi connectivity index (χ0n) is 20.4. The van der Waals surface area contributed by atoms with E-state index in [0.717, 1.165) is 16.7 Å². The molecule has 0 aliphatic carbocycles. The average molecular weight is 530 g/mol. The molecule has 5 rings (SSSR count). The number of nitrogens with one attached hydrogen (secondary N) is 2. The number of hydrogen-bond donors (Lipinski definition) is 3. The molecule has 0 fully saturated rings. The second-order valence-electron chi connectivity index (χ2n) is 9.00. The molecule has 1 amide bonds. The fourth-order valence-electron chi connectivity index (χ4n) is 4.40. The molecule has 0 aliphatic rings. The van der Waals surface area contributed by atoms with Crippen molar-refractivity contribution in [1.29, 1.82) is 0 Å². The minimum absolute atomic E-state index is 0.0194. The number of carbonyl (C=O) groups is 1. The van der Waals surface area contributed by atoms with Gasteiger partial charge in [0.25, 0.3) is 11.5 Å². The van der Waals surface area contributed by atoms with Crippen LogP contribution in [0.1, 0.15) is 38.3 Å². The third-order valence-corrected chi connectivity index (χ3v) is 6.74. The van der Waals surface area contributed by atoms with Crippen molar-refractivity contribution in [3.05, 3.63) is 134 Å². The van der Waals surface area contributed by atoms with Crippen LogP contribution >= 0.6 is 11.6 Å². The van der Waals surface area contributed by atoms with Crippen LogP contribution in [-0.2, 0) is 26.1 Å². The van der Waals surface area contributed by atoms with Gasteiger partial charge in [-0.1, -0.05) is 35.9 Å². The van der Waals surface area contributed by atoms with Gasteiger partial charge < -0.3 is 20.6 Å². The van der Waals surface area contributed by atoms with Gasteiger partial charge in [0.2, 0.25) is 0 Å². The smallest absolute Gasteiger partial charge is 0.251 e. The second-order valence-corrected chi connectivity index (χ2v) is 9.40. The van der Waals surface area contributed by atoms with Crippen molar-refractivity contribution in [2.45, 2.75) is 26.1 Å². The highest BCUT2D eigenvalue weighted by atomic mass is 35.5. The Bertz CT molecular complexity index is 1690. The van der Waals surface area contributed by atoms with Gasteiger partial charge >= 0.3 is 0 Å². The quantitative estimate of drug-likeness (QED) is 0.274. The lowest BCUT2D eigenvalue weighted by atomic mass is 10.00. The summed E-state index contributed by atoms with van der Waals surface area (Å²) in [7, 11) is 0. The summed E-state index contributed by atoms with van der Waals surface area (Å²) in [5.74, 6) is -0.761. The summed E-state index contributed by atoms with van der Waals surface area (Å²) >= 11 is 6.14. The maximum Gasteiger partial charge on any atom is 0.251 e. The molecule has 9 heteroatoms. The molecule has 0 radical (unpaired) electrons. The van der Waals surface area contributed by atoms with Gasteiger partial charge in [0.05, 0.1) is 11.6 Å². The fraction of sp³-hybridized carbons (Fsp3) is 0.138. The summed E-state index contributed by atoms with van der Waals surface area (Å²) < 4.78 is 16.1. The van der Waals surface area contributed by atoms with Crippen molar-refractivity contribution in [3.63, 3.8) is 0 Å². The van der Waals surface area contributed by atoms with Gasteiger partial charge in [-0.15, -0.1) is 0 Å². The zero-order chi connectivity index (χ0) is 26.6. The lowest BCUT2D eigenvalue weighted by molar-refractivity contribution is 0.0950. The van der Waals surface area contributed by atoms with Crippen molar-refractivity contribution in [2.75, 3.05) is 0 Å². The lowest BCUT2D eigenvalue weighted by Gasteiger charge is -2.12. The Balaban J connectivity index is 1.28. The van der Waals surface area contributed by atoms with E-state index in [1.807, 2.05) is 24.3 Å². The maximum atomic E-state index is 14.5. The first kappa shape index (κ1) is 25.4. The topological polar surface area (TPSA) is 106 Å². The van der Waals surface area contributed by atoms with Crippen molar-refractivity contribution >= 4 is 28.4 Å². The van der Waals surface area contributed by atoms with Crippen LogP contribution < -0.4 is 16.6 Å². The van der Waals surface area contributed by atoms with Crippen molar-refractivity contribution in [3.8, 4) is 0 Å². The van der Waals surface area contributed by atoms with E-state index in [2.05, 4.69) is 15.3 Å². The van der Waals surface area contributed by atoms with Crippen LogP contribution in [0, 0.1) is 5.82 Å². The number of nitrogens with two attached hydrogens (primary N) is 1. The van der Waals surface area contributed by atoms with Gasteiger partial charge in [-0.2, -0.15) is 0 Å². The number of nitrogens with zero attached hydrogens (tertiary/aromatic N) is 2. The first-order valence-corrected chi connectivity index (χ1v) is 12.4.